The Morgan fingerprint density at radius 2 is 1.57 bits per heavy atom. The summed E-state index contributed by atoms with van der Waals surface area (Å²) in [6, 6.07) is 2.12. The van der Waals surface area contributed by atoms with E-state index in [0.717, 1.165) is 0 Å². The number of allylic oxidation sites excluding steroid dienone is 1. The Labute approximate surface area is 87.2 Å². The topological polar surface area (TPSA) is 47.9 Å². The van der Waals surface area contributed by atoms with Gasteiger partial charge in [-0.2, -0.15) is 5.26 Å². The largest absolute Gasteiger partial charge is 0.384 e. The zero-order valence-electron chi connectivity index (χ0n) is 10.0. The van der Waals surface area contributed by atoms with Crippen LogP contribution in [-0.2, 0) is 0 Å². The summed E-state index contributed by atoms with van der Waals surface area (Å²) in [5.41, 5.74) is 0.468. The minimum Gasteiger partial charge on any atom is -0.384 e. The second-order valence-corrected chi connectivity index (χ2v) is 5.44. The van der Waals surface area contributed by atoms with Crippen molar-refractivity contribution in [3.05, 3.63) is 11.9 Å². The van der Waals surface area contributed by atoms with E-state index in [2.05, 4.69) is 37.5 Å². The van der Waals surface area contributed by atoms with Crippen LogP contribution in [0.15, 0.2) is 11.9 Å². The van der Waals surface area contributed by atoms with Crippen molar-refractivity contribution in [3.63, 3.8) is 0 Å². The highest BCUT2D eigenvalue weighted by Gasteiger charge is 2.12. The van der Waals surface area contributed by atoms with Crippen LogP contribution in [0.3, 0.4) is 0 Å². The molecule has 0 aromatic rings. The van der Waals surface area contributed by atoms with Gasteiger partial charge in [0.05, 0.1) is 0 Å². The SMILES string of the molecule is CC(C)(C)N/C=C(\C#N)NC(C)(C)C. The normalized spacial score (nSPS) is 13.4. The molecular formula is C11H21N3. The van der Waals surface area contributed by atoms with Crippen LogP contribution in [0.25, 0.3) is 0 Å². The fourth-order valence-electron chi connectivity index (χ4n) is 0.789. The second-order valence-electron chi connectivity index (χ2n) is 5.44. The van der Waals surface area contributed by atoms with Crippen molar-refractivity contribution in [2.75, 3.05) is 0 Å². The number of rotatable bonds is 2. The lowest BCUT2D eigenvalue weighted by Crippen LogP contribution is -2.37. The fraction of sp³-hybridized carbons (Fsp3) is 0.727. The number of nitrogens with zero attached hydrogens (tertiary/aromatic N) is 1. The number of nitriles is 1. The molecule has 0 atom stereocenters. The van der Waals surface area contributed by atoms with Crippen LogP contribution in [0.5, 0.6) is 0 Å². The van der Waals surface area contributed by atoms with E-state index in [1.54, 1.807) is 6.20 Å². The zero-order chi connectivity index (χ0) is 11.4. The number of nitrogens with one attached hydrogen (secondary N) is 2. The molecule has 0 saturated carbocycles. The molecule has 0 aromatic heterocycles. The molecule has 80 valence electrons. The standard InChI is InChI=1S/C11H21N3/c1-10(2,3)13-8-9(7-12)14-11(4,5)6/h8,13-14H,1-6H3/b9-8+. The van der Waals surface area contributed by atoms with Crippen LogP contribution in [0.2, 0.25) is 0 Å². The summed E-state index contributed by atoms with van der Waals surface area (Å²) in [7, 11) is 0. The predicted octanol–water partition coefficient (Wildman–Crippen LogP) is 2.13. The first-order chi connectivity index (χ1) is 6.14. The van der Waals surface area contributed by atoms with Gasteiger partial charge in [-0.25, -0.2) is 0 Å². The van der Waals surface area contributed by atoms with Crippen molar-refractivity contribution >= 4 is 0 Å². The van der Waals surface area contributed by atoms with E-state index < -0.39 is 0 Å². The zero-order valence-corrected chi connectivity index (χ0v) is 10.0. The highest BCUT2D eigenvalue weighted by atomic mass is 15.0. The Bertz CT molecular complexity index is 245. The molecule has 0 fully saturated rings. The average Bonchev–Trinajstić information content (AvgIpc) is 1.94. The van der Waals surface area contributed by atoms with Crippen molar-refractivity contribution in [1.29, 1.82) is 5.26 Å². The fourth-order valence-corrected chi connectivity index (χ4v) is 0.789. The number of hydrogen-bond donors (Lipinski definition) is 2. The van der Waals surface area contributed by atoms with Gasteiger partial charge in [0.25, 0.3) is 0 Å². The highest BCUT2D eigenvalue weighted by molar-refractivity contribution is 5.19. The van der Waals surface area contributed by atoms with Gasteiger partial charge in [0.15, 0.2) is 0 Å². The Balaban J connectivity index is 4.38. The molecule has 0 radical (unpaired) electrons. The van der Waals surface area contributed by atoms with E-state index in [1.807, 2.05) is 20.8 Å². The Morgan fingerprint density at radius 3 is 1.86 bits per heavy atom. The van der Waals surface area contributed by atoms with E-state index >= 15 is 0 Å². The van der Waals surface area contributed by atoms with Crippen LogP contribution in [0.4, 0.5) is 0 Å². The predicted molar refractivity (Wildman–Crippen MR) is 59.5 cm³/mol. The molecule has 0 heterocycles. The van der Waals surface area contributed by atoms with E-state index in [4.69, 9.17) is 5.26 Å². The van der Waals surface area contributed by atoms with Crippen molar-refractivity contribution < 1.29 is 0 Å². The van der Waals surface area contributed by atoms with E-state index in [0.29, 0.717) is 5.70 Å². The van der Waals surface area contributed by atoms with Crippen LogP contribution in [0, 0.1) is 11.3 Å². The quantitative estimate of drug-likeness (QED) is 0.664. The van der Waals surface area contributed by atoms with E-state index in [9.17, 15) is 0 Å². The van der Waals surface area contributed by atoms with Gasteiger partial charge < -0.3 is 10.6 Å². The molecular weight excluding hydrogens is 174 g/mol. The first-order valence-corrected chi connectivity index (χ1v) is 4.80. The molecule has 0 unspecified atom stereocenters. The first kappa shape index (κ1) is 12.8. The van der Waals surface area contributed by atoms with Crippen LogP contribution in [-0.4, -0.2) is 11.1 Å². The minimum absolute atomic E-state index is 0.0122. The summed E-state index contributed by atoms with van der Waals surface area (Å²) >= 11 is 0. The van der Waals surface area contributed by atoms with Crippen LogP contribution in [0.1, 0.15) is 41.5 Å². The van der Waals surface area contributed by atoms with Gasteiger partial charge in [-0.15, -0.1) is 0 Å². The molecule has 0 rings (SSSR count). The molecule has 2 N–H and O–H groups in total. The average molecular weight is 195 g/mol. The van der Waals surface area contributed by atoms with E-state index in [-0.39, 0.29) is 11.1 Å². The third-order valence-electron chi connectivity index (χ3n) is 1.28. The van der Waals surface area contributed by atoms with Crippen molar-refractivity contribution in [2.45, 2.75) is 52.6 Å². The van der Waals surface area contributed by atoms with Gasteiger partial charge in [0.2, 0.25) is 0 Å². The monoisotopic (exact) mass is 195 g/mol. The Morgan fingerprint density at radius 1 is 1.07 bits per heavy atom. The minimum atomic E-state index is -0.0822. The van der Waals surface area contributed by atoms with E-state index in [1.165, 1.54) is 0 Å². The molecule has 0 aliphatic carbocycles. The summed E-state index contributed by atoms with van der Waals surface area (Å²) in [4.78, 5) is 0. The molecule has 0 aromatic carbocycles. The second kappa shape index (κ2) is 4.36. The lowest BCUT2D eigenvalue weighted by atomic mass is 10.1. The molecule has 0 spiro atoms. The third kappa shape index (κ3) is 7.48. The molecule has 3 nitrogen and oxygen atoms in total. The molecule has 14 heavy (non-hydrogen) atoms. The van der Waals surface area contributed by atoms with Gasteiger partial charge >= 0.3 is 0 Å². The lowest BCUT2D eigenvalue weighted by Gasteiger charge is -2.23. The maximum Gasteiger partial charge on any atom is 0.129 e. The summed E-state index contributed by atoms with van der Waals surface area (Å²) in [5, 5.41) is 15.1. The molecule has 0 bridgehead atoms. The Hall–Kier alpha value is -1.17. The lowest BCUT2D eigenvalue weighted by molar-refractivity contribution is 0.463. The van der Waals surface area contributed by atoms with Gasteiger partial charge in [-0.1, -0.05) is 0 Å². The molecule has 0 aliphatic rings. The first-order valence-electron chi connectivity index (χ1n) is 4.80. The smallest absolute Gasteiger partial charge is 0.129 e. The van der Waals surface area contributed by atoms with Crippen molar-refractivity contribution in [1.82, 2.24) is 10.6 Å². The summed E-state index contributed by atoms with van der Waals surface area (Å²) < 4.78 is 0. The van der Waals surface area contributed by atoms with Crippen molar-refractivity contribution in [3.8, 4) is 6.07 Å². The molecule has 0 saturated heterocycles. The maximum absolute atomic E-state index is 8.87. The maximum atomic E-state index is 8.87. The van der Waals surface area contributed by atoms with Gasteiger partial charge in [-0.3, -0.25) is 0 Å². The molecule has 0 aliphatic heterocycles. The summed E-state index contributed by atoms with van der Waals surface area (Å²) in [5.74, 6) is 0. The highest BCUT2D eigenvalue weighted by Crippen LogP contribution is 2.04. The van der Waals surface area contributed by atoms with Gasteiger partial charge in [0, 0.05) is 17.3 Å². The molecule has 0 amide bonds. The number of hydrogen-bond acceptors (Lipinski definition) is 3. The van der Waals surface area contributed by atoms with Crippen molar-refractivity contribution in [2.24, 2.45) is 0 Å². The summed E-state index contributed by atoms with van der Waals surface area (Å²) in [6.45, 7) is 12.2. The third-order valence-corrected chi connectivity index (χ3v) is 1.28. The Kier molecular flexibility index (Phi) is 4.00. The summed E-state index contributed by atoms with van der Waals surface area (Å²) in [6.07, 6.45) is 1.73. The van der Waals surface area contributed by atoms with Gasteiger partial charge in [0.1, 0.15) is 11.8 Å². The molecule has 3 heteroatoms. The van der Waals surface area contributed by atoms with Gasteiger partial charge in [-0.05, 0) is 41.5 Å². The van der Waals surface area contributed by atoms with Crippen LogP contribution >= 0.6 is 0 Å². The van der Waals surface area contributed by atoms with Crippen LogP contribution < -0.4 is 10.6 Å².